The van der Waals surface area contributed by atoms with Crippen molar-refractivity contribution < 1.29 is 43.1 Å². The molecule has 13 heteroatoms. The van der Waals surface area contributed by atoms with Crippen molar-refractivity contribution in [3.05, 3.63) is 29.8 Å². The zero-order chi connectivity index (χ0) is 24.7. The van der Waals surface area contributed by atoms with E-state index in [9.17, 15) is 26.2 Å². The van der Waals surface area contributed by atoms with E-state index in [4.69, 9.17) is 3.63 Å². The summed E-state index contributed by atoms with van der Waals surface area (Å²) in [6.07, 6.45) is 3.43. The SMILES string of the molecule is CC[NH+](CC)C(C)(C)C(=O)c1ccc(S(C)(C)OS(=O)(=O)OC)cc1.COS(=O)(=O)[O-]. The van der Waals surface area contributed by atoms with Gasteiger partial charge in [-0.1, -0.05) is 22.4 Å². The molecular formula is C18H33NO9S3. The standard InChI is InChI=1S/C17H29NO5S2.CH4O4S/c1-8-18(9-2)17(3,4)16(19)14-10-12-15(13-11-14)24(6,7)23-25(20,21)22-5;1-5-6(2,3)4/h10-13H,8-9H2,1-7H3;1H3,(H,2,3,4). The summed E-state index contributed by atoms with van der Waals surface area (Å²) in [5, 5.41) is 0. The first kappa shape index (κ1) is 29.9. The Morgan fingerprint density at radius 3 is 1.71 bits per heavy atom. The molecule has 0 heterocycles. The molecule has 0 amide bonds. The zero-order valence-electron chi connectivity index (χ0n) is 19.1. The summed E-state index contributed by atoms with van der Waals surface area (Å²) >= 11 is 0. The number of nitrogens with one attached hydrogen (secondary N) is 1. The van der Waals surface area contributed by atoms with Crippen LogP contribution in [0.2, 0.25) is 0 Å². The Bertz CT molecular complexity index is 921. The van der Waals surface area contributed by atoms with Crippen LogP contribution in [0.4, 0.5) is 0 Å². The van der Waals surface area contributed by atoms with Crippen LogP contribution in [0.3, 0.4) is 0 Å². The molecule has 0 spiro atoms. The fraction of sp³-hybridized carbons (Fsp3) is 0.611. The number of hydrogen-bond acceptors (Lipinski definition) is 9. The second kappa shape index (κ2) is 11.7. The van der Waals surface area contributed by atoms with Gasteiger partial charge in [-0.25, -0.2) is 8.42 Å². The number of carbonyl (C=O) groups is 1. The van der Waals surface area contributed by atoms with Gasteiger partial charge in [0.15, 0.2) is 5.54 Å². The van der Waals surface area contributed by atoms with Gasteiger partial charge >= 0.3 is 10.4 Å². The van der Waals surface area contributed by atoms with Gasteiger partial charge in [-0.05, 0) is 52.3 Å². The van der Waals surface area contributed by atoms with E-state index in [2.05, 4.69) is 22.2 Å². The summed E-state index contributed by atoms with van der Waals surface area (Å²) in [5.41, 5.74) is 0.0847. The van der Waals surface area contributed by atoms with Crippen LogP contribution in [0, 0.1) is 0 Å². The Balaban J connectivity index is 0.00000131. The first-order valence-corrected chi connectivity index (χ1v) is 14.3. The van der Waals surface area contributed by atoms with E-state index in [0.717, 1.165) is 32.2 Å². The second-order valence-electron chi connectivity index (χ2n) is 7.24. The van der Waals surface area contributed by atoms with Crippen molar-refractivity contribution in [2.24, 2.45) is 0 Å². The first-order valence-electron chi connectivity index (χ1n) is 9.23. The number of quaternary nitrogens is 1. The molecule has 0 saturated carbocycles. The van der Waals surface area contributed by atoms with Crippen molar-refractivity contribution in [3.63, 3.8) is 0 Å². The minimum atomic E-state index is -4.41. The Hall–Kier alpha value is -1.06. The zero-order valence-corrected chi connectivity index (χ0v) is 21.6. The molecular weight excluding hydrogens is 470 g/mol. The lowest BCUT2D eigenvalue weighted by atomic mass is 9.91. The molecule has 0 atom stereocenters. The number of benzene rings is 1. The van der Waals surface area contributed by atoms with E-state index in [1.165, 1.54) is 4.90 Å². The molecule has 0 aliphatic carbocycles. The van der Waals surface area contributed by atoms with Crippen molar-refractivity contribution in [2.45, 2.75) is 38.1 Å². The van der Waals surface area contributed by atoms with Gasteiger partial charge < -0.3 is 9.45 Å². The van der Waals surface area contributed by atoms with E-state index in [0.29, 0.717) is 5.56 Å². The fourth-order valence-electron chi connectivity index (χ4n) is 2.86. The van der Waals surface area contributed by atoms with E-state index < -0.39 is 36.6 Å². The number of carbonyl (C=O) groups excluding carboxylic acids is 1. The minimum absolute atomic E-state index is 0.0657. The Morgan fingerprint density at radius 2 is 1.39 bits per heavy atom. The summed E-state index contributed by atoms with van der Waals surface area (Å²) in [7, 11) is -8.63. The van der Waals surface area contributed by atoms with E-state index in [-0.39, 0.29) is 5.78 Å². The highest BCUT2D eigenvalue weighted by Gasteiger charge is 2.37. The maximum absolute atomic E-state index is 12.9. The Morgan fingerprint density at radius 1 is 0.968 bits per heavy atom. The Labute approximate surface area is 187 Å². The van der Waals surface area contributed by atoms with Gasteiger partial charge in [0.1, 0.15) is 0 Å². The molecule has 1 N–H and O–H groups in total. The molecule has 0 fully saturated rings. The van der Waals surface area contributed by atoms with Gasteiger partial charge in [0.05, 0.1) is 27.3 Å². The third-order valence-electron chi connectivity index (χ3n) is 4.65. The van der Waals surface area contributed by atoms with E-state index >= 15 is 0 Å². The van der Waals surface area contributed by atoms with E-state index in [1.54, 1.807) is 36.8 Å². The molecule has 182 valence electrons. The molecule has 10 nitrogen and oxygen atoms in total. The van der Waals surface area contributed by atoms with Gasteiger partial charge in [-0.2, -0.15) is 12.0 Å². The van der Waals surface area contributed by atoms with Crippen LogP contribution in [-0.2, 0) is 32.8 Å². The van der Waals surface area contributed by atoms with Gasteiger partial charge in [0.25, 0.3) is 0 Å². The summed E-state index contributed by atoms with van der Waals surface area (Å²) in [4.78, 5) is 14.8. The highest BCUT2D eigenvalue weighted by atomic mass is 32.3. The van der Waals surface area contributed by atoms with Crippen molar-refractivity contribution in [2.75, 3.05) is 39.8 Å². The first-order chi connectivity index (χ1) is 14.0. The van der Waals surface area contributed by atoms with Crippen molar-refractivity contribution >= 4 is 36.9 Å². The lowest BCUT2D eigenvalue weighted by Crippen LogP contribution is -3.20. The second-order valence-corrected chi connectivity index (χ2v) is 13.0. The van der Waals surface area contributed by atoms with Crippen LogP contribution in [0.15, 0.2) is 29.2 Å². The number of likely N-dealkylation sites (N-methyl/N-ethyl adjacent to an activating group) is 1. The van der Waals surface area contributed by atoms with Crippen LogP contribution in [0.1, 0.15) is 38.1 Å². The highest BCUT2D eigenvalue weighted by Crippen LogP contribution is 2.51. The van der Waals surface area contributed by atoms with Crippen LogP contribution in [-0.4, -0.2) is 72.5 Å². The number of Topliss-reactive ketones (excluding diaryl/α,β-unsaturated/α-hetero) is 1. The largest absolute Gasteiger partial charge is 0.726 e. The summed E-state index contributed by atoms with van der Waals surface area (Å²) in [6, 6.07) is 6.97. The van der Waals surface area contributed by atoms with Crippen LogP contribution < -0.4 is 4.90 Å². The fourth-order valence-corrected chi connectivity index (χ4v) is 5.86. The van der Waals surface area contributed by atoms with Gasteiger partial charge in [0, 0.05) is 10.5 Å². The van der Waals surface area contributed by atoms with Crippen LogP contribution >= 0.6 is 10.3 Å². The average Bonchev–Trinajstić information content (AvgIpc) is 2.67. The quantitative estimate of drug-likeness (QED) is 0.280. The minimum Gasteiger partial charge on any atom is -0.726 e. The van der Waals surface area contributed by atoms with Crippen molar-refractivity contribution in [1.82, 2.24) is 0 Å². The monoisotopic (exact) mass is 503 g/mol. The van der Waals surface area contributed by atoms with Crippen molar-refractivity contribution in [1.29, 1.82) is 0 Å². The molecule has 0 aliphatic rings. The number of ketones is 1. The molecule has 1 rings (SSSR count). The van der Waals surface area contributed by atoms with Gasteiger partial charge in [-0.15, -0.1) is 0 Å². The molecule has 0 aliphatic heterocycles. The summed E-state index contributed by atoms with van der Waals surface area (Å²) < 4.78 is 63.6. The molecule has 1 aromatic rings. The van der Waals surface area contributed by atoms with Crippen molar-refractivity contribution in [3.8, 4) is 0 Å². The average molecular weight is 504 g/mol. The maximum Gasteiger partial charge on any atom is 0.409 e. The van der Waals surface area contributed by atoms with Crippen LogP contribution in [0.25, 0.3) is 0 Å². The lowest BCUT2D eigenvalue weighted by molar-refractivity contribution is -0.934. The smallest absolute Gasteiger partial charge is 0.409 e. The molecule has 0 bridgehead atoms. The normalized spacial score (nSPS) is 13.5. The molecule has 0 radical (unpaired) electrons. The predicted octanol–water partition coefficient (Wildman–Crippen LogP) is 0.912. The Kier molecular flexibility index (Phi) is 11.3. The molecule has 1 aromatic carbocycles. The topological polar surface area (TPSA) is 141 Å². The van der Waals surface area contributed by atoms with Crippen LogP contribution in [0.5, 0.6) is 0 Å². The van der Waals surface area contributed by atoms with Gasteiger partial charge in [0.2, 0.25) is 16.2 Å². The third kappa shape index (κ3) is 9.53. The molecule has 0 unspecified atom stereocenters. The third-order valence-corrected chi connectivity index (χ3v) is 8.90. The summed E-state index contributed by atoms with van der Waals surface area (Å²) in [5.74, 6) is 0.0657. The lowest BCUT2D eigenvalue weighted by Gasteiger charge is -2.33. The van der Waals surface area contributed by atoms with E-state index in [1.807, 2.05) is 13.8 Å². The molecule has 0 aromatic heterocycles. The predicted molar refractivity (Wildman–Crippen MR) is 118 cm³/mol. The highest BCUT2D eigenvalue weighted by molar-refractivity contribution is 8.31. The maximum atomic E-state index is 12.9. The van der Waals surface area contributed by atoms with Gasteiger partial charge in [-0.3, -0.25) is 13.2 Å². The molecule has 31 heavy (non-hydrogen) atoms. The number of hydrogen-bond donors (Lipinski definition) is 1. The number of rotatable bonds is 10. The summed E-state index contributed by atoms with van der Waals surface area (Å²) in [6.45, 7) is 9.78. The molecule has 0 saturated heterocycles.